The van der Waals surface area contributed by atoms with Crippen LogP contribution in [0.4, 0.5) is 14.9 Å². The van der Waals surface area contributed by atoms with Crippen LogP contribution in [-0.4, -0.2) is 31.6 Å². The van der Waals surface area contributed by atoms with E-state index in [4.69, 9.17) is 5.73 Å². The molecule has 1 aliphatic rings. The molecule has 3 rings (SSSR count). The van der Waals surface area contributed by atoms with E-state index < -0.39 is 6.03 Å². The number of carbonyl (C=O) groups excluding carboxylic acids is 2. The highest BCUT2D eigenvalue weighted by Gasteiger charge is 2.23. The molecule has 1 fully saturated rings. The monoisotopic (exact) mass is 370 g/mol. The lowest BCUT2D eigenvalue weighted by atomic mass is 10.1. The van der Waals surface area contributed by atoms with Gasteiger partial charge < -0.3 is 21.3 Å². The van der Waals surface area contributed by atoms with Crippen LogP contribution in [0, 0.1) is 11.7 Å². The summed E-state index contributed by atoms with van der Waals surface area (Å²) in [5, 5.41) is 5.48. The van der Waals surface area contributed by atoms with E-state index in [1.165, 1.54) is 12.1 Å². The van der Waals surface area contributed by atoms with Crippen molar-refractivity contribution in [1.29, 1.82) is 0 Å². The summed E-state index contributed by atoms with van der Waals surface area (Å²) in [7, 11) is 0. The molecule has 1 unspecified atom stereocenters. The van der Waals surface area contributed by atoms with Gasteiger partial charge in [-0.25, -0.2) is 9.18 Å². The van der Waals surface area contributed by atoms with Gasteiger partial charge in [0.15, 0.2) is 0 Å². The van der Waals surface area contributed by atoms with E-state index in [9.17, 15) is 14.0 Å². The first-order chi connectivity index (χ1) is 13.0. The Morgan fingerprint density at radius 2 is 1.78 bits per heavy atom. The molecule has 1 saturated heterocycles. The fraction of sp³-hybridized carbons (Fsp3) is 0.300. The van der Waals surface area contributed by atoms with Crippen LogP contribution in [0.2, 0.25) is 0 Å². The van der Waals surface area contributed by atoms with E-state index in [-0.39, 0.29) is 11.7 Å². The zero-order valence-corrected chi connectivity index (χ0v) is 15.0. The van der Waals surface area contributed by atoms with Crippen LogP contribution in [0.3, 0.4) is 0 Å². The number of anilines is 1. The molecule has 2 aromatic carbocycles. The summed E-state index contributed by atoms with van der Waals surface area (Å²) in [6.45, 7) is 2.66. The fourth-order valence-corrected chi connectivity index (χ4v) is 3.19. The third-order valence-corrected chi connectivity index (χ3v) is 4.71. The van der Waals surface area contributed by atoms with E-state index in [1.54, 1.807) is 36.4 Å². The van der Waals surface area contributed by atoms with Crippen molar-refractivity contribution >= 4 is 17.6 Å². The van der Waals surface area contributed by atoms with E-state index in [2.05, 4.69) is 15.5 Å². The highest BCUT2D eigenvalue weighted by atomic mass is 19.1. The molecule has 142 valence electrons. The summed E-state index contributed by atoms with van der Waals surface area (Å²) in [6, 6.07) is 13.0. The average molecular weight is 370 g/mol. The number of hydrogen-bond donors (Lipinski definition) is 3. The van der Waals surface area contributed by atoms with E-state index in [0.717, 1.165) is 30.8 Å². The number of carbonyl (C=O) groups is 2. The lowest BCUT2D eigenvalue weighted by Crippen LogP contribution is -2.31. The highest BCUT2D eigenvalue weighted by Crippen LogP contribution is 2.23. The number of amides is 3. The minimum Gasteiger partial charge on any atom is -0.371 e. The van der Waals surface area contributed by atoms with Crippen LogP contribution in [0.5, 0.6) is 0 Å². The maximum Gasteiger partial charge on any atom is 0.312 e. The van der Waals surface area contributed by atoms with Crippen molar-refractivity contribution in [3.8, 4) is 0 Å². The third-order valence-electron chi connectivity index (χ3n) is 4.71. The number of nitrogens with zero attached hydrogens (tertiary/aromatic N) is 1. The standard InChI is InChI=1S/C20H23FN4O2/c21-17-5-7-18(8-6-17)25-10-9-15(13-25)12-23-19(26)16-3-1-14(2-4-16)11-24-20(22)27/h1-8,15H,9-13H2,(H,23,26)(H3,22,24,27). The number of halogens is 1. The number of hydrogen-bond acceptors (Lipinski definition) is 3. The maximum atomic E-state index is 13.0. The highest BCUT2D eigenvalue weighted by molar-refractivity contribution is 5.94. The number of urea groups is 1. The summed E-state index contributed by atoms with van der Waals surface area (Å²) in [5.74, 6) is 0.000808. The Bertz CT molecular complexity index is 793. The van der Waals surface area contributed by atoms with Crippen molar-refractivity contribution in [2.75, 3.05) is 24.5 Å². The minimum atomic E-state index is -0.580. The molecular formula is C20H23FN4O2. The number of primary amides is 1. The van der Waals surface area contributed by atoms with Gasteiger partial charge in [0.1, 0.15) is 5.82 Å². The van der Waals surface area contributed by atoms with Crippen LogP contribution in [0.15, 0.2) is 48.5 Å². The smallest absolute Gasteiger partial charge is 0.312 e. The molecule has 0 radical (unpaired) electrons. The largest absolute Gasteiger partial charge is 0.371 e. The summed E-state index contributed by atoms with van der Waals surface area (Å²) >= 11 is 0. The van der Waals surface area contributed by atoms with E-state index in [1.807, 2.05) is 0 Å². The third kappa shape index (κ3) is 5.20. The van der Waals surface area contributed by atoms with Crippen LogP contribution < -0.4 is 21.3 Å². The van der Waals surface area contributed by atoms with Crippen molar-refractivity contribution in [3.05, 3.63) is 65.5 Å². The van der Waals surface area contributed by atoms with Crippen molar-refractivity contribution in [2.45, 2.75) is 13.0 Å². The van der Waals surface area contributed by atoms with Gasteiger partial charge in [-0.05, 0) is 54.3 Å². The molecule has 1 aliphatic heterocycles. The molecule has 0 bridgehead atoms. The summed E-state index contributed by atoms with van der Waals surface area (Å²) in [4.78, 5) is 25.2. The lowest BCUT2D eigenvalue weighted by molar-refractivity contribution is 0.0948. The number of nitrogens with two attached hydrogens (primary N) is 1. The van der Waals surface area contributed by atoms with E-state index in [0.29, 0.717) is 24.6 Å². The van der Waals surface area contributed by atoms with Crippen LogP contribution >= 0.6 is 0 Å². The zero-order valence-electron chi connectivity index (χ0n) is 15.0. The summed E-state index contributed by atoms with van der Waals surface area (Å²) in [5.41, 5.74) is 7.49. The first-order valence-electron chi connectivity index (χ1n) is 8.92. The average Bonchev–Trinajstić information content (AvgIpc) is 3.14. The predicted molar refractivity (Wildman–Crippen MR) is 102 cm³/mol. The van der Waals surface area contributed by atoms with Crippen molar-refractivity contribution < 1.29 is 14.0 Å². The van der Waals surface area contributed by atoms with Crippen LogP contribution in [0.25, 0.3) is 0 Å². The van der Waals surface area contributed by atoms with Crippen molar-refractivity contribution in [2.24, 2.45) is 11.7 Å². The van der Waals surface area contributed by atoms with Gasteiger partial charge in [-0.15, -0.1) is 0 Å². The molecule has 1 heterocycles. The van der Waals surface area contributed by atoms with Gasteiger partial charge in [0.2, 0.25) is 0 Å². The second kappa shape index (κ2) is 8.53. The van der Waals surface area contributed by atoms with Gasteiger partial charge in [-0.2, -0.15) is 0 Å². The Kier molecular flexibility index (Phi) is 5.90. The Hall–Kier alpha value is -3.09. The second-order valence-electron chi connectivity index (χ2n) is 6.70. The Labute approximate surface area is 157 Å². The fourth-order valence-electron chi connectivity index (χ4n) is 3.19. The Morgan fingerprint density at radius 1 is 1.07 bits per heavy atom. The maximum absolute atomic E-state index is 13.0. The van der Waals surface area contributed by atoms with Crippen LogP contribution in [-0.2, 0) is 6.54 Å². The van der Waals surface area contributed by atoms with Gasteiger partial charge in [0, 0.05) is 37.4 Å². The first-order valence-corrected chi connectivity index (χ1v) is 8.92. The predicted octanol–water partition coefficient (Wildman–Crippen LogP) is 2.25. The normalized spacial score (nSPS) is 16.2. The van der Waals surface area contributed by atoms with E-state index >= 15 is 0 Å². The molecule has 0 aliphatic carbocycles. The number of nitrogens with one attached hydrogen (secondary N) is 2. The van der Waals surface area contributed by atoms with Gasteiger partial charge in [-0.1, -0.05) is 12.1 Å². The molecule has 3 amide bonds. The lowest BCUT2D eigenvalue weighted by Gasteiger charge is -2.18. The molecule has 27 heavy (non-hydrogen) atoms. The molecule has 4 N–H and O–H groups in total. The molecular weight excluding hydrogens is 347 g/mol. The van der Waals surface area contributed by atoms with Crippen molar-refractivity contribution in [3.63, 3.8) is 0 Å². The minimum absolute atomic E-state index is 0.121. The Balaban J connectivity index is 1.46. The molecule has 2 aromatic rings. The Morgan fingerprint density at radius 3 is 2.44 bits per heavy atom. The van der Waals surface area contributed by atoms with Gasteiger partial charge in [0.05, 0.1) is 0 Å². The van der Waals surface area contributed by atoms with Gasteiger partial charge in [-0.3, -0.25) is 4.79 Å². The topological polar surface area (TPSA) is 87.5 Å². The second-order valence-corrected chi connectivity index (χ2v) is 6.70. The molecule has 7 heteroatoms. The first kappa shape index (κ1) is 18.7. The molecule has 6 nitrogen and oxygen atoms in total. The molecule has 1 atom stereocenters. The molecule has 0 saturated carbocycles. The SMILES string of the molecule is NC(=O)NCc1ccc(C(=O)NCC2CCN(c3ccc(F)cc3)C2)cc1. The van der Waals surface area contributed by atoms with Crippen LogP contribution in [0.1, 0.15) is 22.3 Å². The molecule has 0 aromatic heterocycles. The summed E-state index contributed by atoms with van der Waals surface area (Å²) in [6.07, 6.45) is 0.982. The van der Waals surface area contributed by atoms with Gasteiger partial charge in [0.25, 0.3) is 5.91 Å². The number of benzene rings is 2. The summed E-state index contributed by atoms with van der Waals surface area (Å²) < 4.78 is 13.0. The quantitative estimate of drug-likeness (QED) is 0.729. The van der Waals surface area contributed by atoms with Crippen molar-refractivity contribution in [1.82, 2.24) is 10.6 Å². The molecule has 0 spiro atoms. The number of rotatable bonds is 6. The van der Waals surface area contributed by atoms with Gasteiger partial charge >= 0.3 is 6.03 Å². The zero-order chi connectivity index (χ0) is 19.2.